The van der Waals surface area contributed by atoms with Crippen LogP contribution in [-0.2, 0) is 6.54 Å². The van der Waals surface area contributed by atoms with Gasteiger partial charge in [-0.3, -0.25) is 4.79 Å². The van der Waals surface area contributed by atoms with Gasteiger partial charge in [-0.2, -0.15) is 9.78 Å². The zero-order valence-electron chi connectivity index (χ0n) is 12.7. The van der Waals surface area contributed by atoms with Crippen molar-refractivity contribution in [1.82, 2.24) is 20.1 Å². The summed E-state index contributed by atoms with van der Waals surface area (Å²) in [7, 11) is 0. The van der Waals surface area contributed by atoms with Crippen molar-refractivity contribution in [3.8, 4) is 18.2 Å². The van der Waals surface area contributed by atoms with Crippen molar-refractivity contribution < 1.29 is 10.2 Å². The summed E-state index contributed by atoms with van der Waals surface area (Å²) in [5.41, 5.74) is 1.52. The normalized spacial score (nSPS) is 12.2. The Labute approximate surface area is 137 Å². The summed E-state index contributed by atoms with van der Waals surface area (Å²) < 4.78 is 1.37. The maximum atomic E-state index is 11.4. The summed E-state index contributed by atoms with van der Waals surface area (Å²) in [6.07, 6.45) is 7.81. The zero-order valence-corrected chi connectivity index (χ0v) is 12.7. The number of pyridine rings is 1. The van der Waals surface area contributed by atoms with Gasteiger partial charge in [-0.25, -0.2) is 0 Å². The molecule has 4 N–H and O–H groups in total. The first-order chi connectivity index (χ1) is 11.6. The minimum absolute atomic E-state index is 0.0340. The third-order valence-electron chi connectivity index (χ3n) is 3.70. The molecule has 0 aliphatic heterocycles. The van der Waals surface area contributed by atoms with Crippen LogP contribution in [-0.4, -0.2) is 31.5 Å². The Balaban J connectivity index is 1.74. The number of fused-ring (bicyclic) bond motifs is 1. The summed E-state index contributed by atoms with van der Waals surface area (Å²) >= 11 is 0. The van der Waals surface area contributed by atoms with E-state index in [1.54, 1.807) is 24.5 Å². The number of phenolic OH excluding ortho intramolecular Hbond substituents is 1. The number of rotatable bonds is 5. The minimum Gasteiger partial charge on any atom is -0.506 e. The summed E-state index contributed by atoms with van der Waals surface area (Å²) in [5.74, 6) is -0.0340. The Bertz CT molecular complexity index is 968. The Morgan fingerprint density at radius 3 is 2.96 bits per heavy atom. The fraction of sp³-hybridized carbons (Fsp3) is 0.176. The SMILES string of the molecule is C#Cn1cc(CNC[C@H](O)c2ccc(O)c3[nH]c(=O)ccc23)cn1. The van der Waals surface area contributed by atoms with Crippen LogP contribution in [0.4, 0.5) is 0 Å². The fourth-order valence-corrected chi connectivity index (χ4v) is 2.53. The lowest BCUT2D eigenvalue weighted by atomic mass is 10.0. The predicted molar refractivity (Wildman–Crippen MR) is 89.4 cm³/mol. The van der Waals surface area contributed by atoms with E-state index in [4.69, 9.17) is 6.42 Å². The molecule has 1 aromatic carbocycles. The van der Waals surface area contributed by atoms with Crippen molar-refractivity contribution >= 4 is 10.9 Å². The van der Waals surface area contributed by atoms with E-state index in [1.807, 2.05) is 0 Å². The van der Waals surface area contributed by atoms with Crippen LogP contribution in [0.1, 0.15) is 17.2 Å². The molecule has 0 aliphatic rings. The topological polar surface area (TPSA) is 103 Å². The average Bonchev–Trinajstić information content (AvgIpc) is 3.03. The summed E-state index contributed by atoms with van der Waals surface area (Å²) in [5, 5.41) is 28.0. The number of nitrogens with one attached hydrogen (secondary N) is 2. The van der Waals surface area contributed by atoms with Crippen molar-refractivity contribution in [3.05, 3.63) is 58.1 Å². The fourth-order valence-electron chi connectivity index (χ4n) is 2.53. The molecule has 0 fully saturated rings. The Morgan fingerprint density at radius 1 is 1.38 bits per heavy atom. The van der Waals surface area contributed by atoms with E-state index in [9.17, 15) is 15.0 Å². The van der Waals surface area contributed by atoms with E-state index < -0.39 is 6.10 Å². The second kappa shape index (κ2) is 6.58. The minimum atomic E-state index is -0.804. The maximum Gasteiger partial charge on any atom is 0.248 e. The maximum absolute atomic E-state index is 11.4. The van der Waals surface area contributed by atoms with Crippen molar-refractivity contribution in [2.24, 2.45) is 0 Å². The molecule has 0 spiro atoms. The number of hydrogen-bond donors (Lipinski definition) is 4. The highest BCUT2D eigenvalue weighted by atomic mass is 16.3. The van der Waals surface area contributed by atoms with Crippen molar-refractivity contribution in [1.29, 1.82) is 0 Å². The van der Waals surface area contributed by atoms with Crippen LogP contribution in [0.5, 0.6) is 5.75 Å². The summed E-state index contributed by atoms with van der Waals surface area (Å²) in [6, 6.07) is 8.42. The third-order valence-corrected chi connectivity index (χ3v) is 3.70. The second-order valence-electron chi connectivity index (χ2n) is 5.35. The number of nitrogens with zero attached hydrogens (tertiary/aromatic N) is 2. The Hall–Kier alpha value is -3.08. The number of H-pyrrole nitrogens is 1. The molecule has 3 aromatic rings. The molecular weight excluding hydrogens is 308 g/mol. The van der Waals surface area contributed by atoms with Gasteiger partial charge in [-0.1, -0.05) is 12.5 Å². The van der Waals surface area contributed by atoms with E-state index in [-0.39, 0.29) is 11.3 Å². The molecule has 2 heterocycles. The molecular formula is C17H16N4O3. The first kappa shape index (κ1) is 15.8. The van der Waals surface area contributed by atoms with Gasteiger partial charge in [0.15, 0.2) is 0 Å². The molecule has 0 unspecified atom stereocenters. The molecule has 0 saturated carbocycles. The number of aromatic nitrogens is 3. The molecule has 24 heavy (non-hydrogen) atoms. The number of aliphatic hydroxyl groups excluding tert-OH is 1. The molecule has 1 atom stereocenters. The van der Waals surface area contributed by atoms with Gasteiger partial charge in [0.25, 0.3) is 0 Å². The average molecular weight is 324 g/mol. The number of terminal acetylenes is 1. The molecule has 0 radical (unpaired) electrons. The summed E-state index contributed by atoms with van der Waals surface area (Å²) in [4.78, 5) is 14.0. The molecule has 0 bridgehead atoms. The number of phenols is 1. The largest absolute Gasteiger partial charge is 0.506 e. The van der Waals surface area contributed by atoms with Crippen LogP contribution in [0.3, 0.4) is 0 Å². The van der Waals surface area contributed by atoms with Gasteiger partial charge in [0.05, 0.1) is 17.8 Å². The standard InChI is InChI=1S/C17H16N4O3/c1-2-21-10-11(8-19-21)7-18-9-15(23)12-3-5-14(22)17-13(12)4-6-16(24)20-17/h1,3-6,8,10,15,18,22-23H,7,9H2,(H,20,24)/t15-/m0/s1. The van der Waals surface area contributed by atoms with Crippen LogP contribution in [0.15, 0.2) is 41.5 Å². The lowest BCUT2D eigenvalue weighted by Crippen LogP contribution is -2.21. The lowest BCUT2D eigenvalue weighted by Gasteiger charge is -2.15. The second-order valence-corrected chi connectivity index (χ2v) is 5.35. The van der Waals surface area contributed by atoms with Gasteiger partial charge < -0.3 is 20.5 Å². The molecule has 0 aliphatic carbocycles. The number of benzene rings is 1. The van der Waals surface area contributed by atoms with Gasteiger partial charge in [0.2, 0.25) is 5.56 Å². The molecule has 3 rings (SSSR count). The number of aromatic hydroxyl groups is 1. The molecule has 7 heteroatoms. The van der Waals surface area contributed by atoms with Crippen molar-refractivity contribution in [2.45, 2.75) is 12.6 Å². The number of aliphatic hydroxyl groups is 1. The Kier molecular flexibility index (Phi) is 4.33. The van der Waals surface area contributed by atoms with Gasteiger partial charge >= 0.3 is 0 Å². The van der Waals surface area contributed by atoms with Gasteiger partial charge in [0, 0.05) is 42.3 Å². The molecule has 122 valence electrons. The van der Waals surface area contributed by atoms with E-state index in [0.29, 0.717) is 29.6 Å². The van der Waals surface area contributed by atoms with Crippen LogP contribution in [0, 0.1) is 12.5 Å². The number of hydrogen-bond acceptors (Lipinski definition) is 5. The predicted octanol–water partition coefficient (Wildman–Crippen LogP) is 0.692. The van der Waals surface area contributed by atoms with E-state index in [2.05, 4.69) is 21.4 Å². The lowest BCUT2D eigenvalue weighted by molar-refractivity contribution is 0.176. The molecule has 0 amide bonds. The smallest absolute Gasteiger partial charge is 0.248 e. The van der Waals surface area contributed by atoms with Crippen LogP contribution >= 0.6 is 0 Å². The first-order valence-corrected chi connectivity index (χ1v) is 7.32. The third kappa shape index (κ3) is 3.15. The van der Waals surface area contributed by atoms with E-state index in [0.717, 1.165) is 5.56 Å². The van der Waals surface area contributed by atoms with Crippen LogP contribution in [0.25, 0.3) is 10.9 Å². The highest BCUT2D eigenvalue weighted by Gasteiger charge is 2.13. The molecule has 7 nitrogen and oxygen atoms in total. The van der Waals surface area contributed by atoms with E-state index in [1.165, 1.54) is 16.8 Å². The van der Waals surface area contributed by atoms with Gasteiger partial charge in [-0.15, -0.1) is 0 Å². The highest BCUT2D eigenvalue weighted by Crippen LogP contribution is 2.28. The van der Waals surface area contributed by atoms with Crippen LogP contribution in [0.2, 0.25) is 0 Å². The van der Waals surface area contributed by atoms with E-state index >= 15 is 0 Å². The van der Waals surface area contributed by atoms with Crippen molar-refractivity contribution in [3.63, 3.8) is 0 Å². The van der Waals surface area contributed by atoms with Crippen LogP contribution < -0.4 is 10.9 Å². The molecule has 2 aromatic heterocycles. The molecule has 0 saturated heterocycles. The summed E-state index contributed by atoms with van der Waals surface area (Å²) in [6.45, 7) is 0.797. The zero-order chi connectivity index (χ0) is 17.1. The van der Waals surface area contributed by atoms with Gasteiger partial charge in [-0.05, 0) is 17.7 Å². The van der Waals surface area contributed by atoms with Gasteiger partial charge in [0.1, 0.15) is 5.75 Å². The monoisotopic (exact) mass is 324 g/mol. The van der Waals surface area contributed by atoms with Crippen molar-refractivity contribution in [2.75, 3.05) is 6.54 Å². The first-order valence-electron chi connectivity index (χ1n) is 7.32. The Morgan fingerprint density at radius 2 is 2.21 bits per heavy atom. The quantitative estimate of drug-likeness (QED) is 0.517. The number of aromatic amines is 1. The highest BCUT2D eigenvalue weighted by molar-refractivity contribution is 5.87.